The largest absolute Gasteiger partial charge is 0.350 e. The number of rotatable bonds is 6. The maximum Gasteiger partial charge on any atom is 0.178 e. The predicted molar refractivity (Wildman–Crippen MR) is 99.2 cm³/mol. The molecule has 3 aromatic rings. The lowest BCUT2D eigenvalue weighted by Gasteiger charge is -2.25. The number of ketones is 1. The fourth-order valence-corrected chi connectivity index (χ4v) is 3.07. The first-order chi connectivity index (χ1) is 11.6. The third-order valence-corrected chi connectivity index (χ3v) is 4.50. The normalized spacial score (nSPS) is 11.5. The van der Waals surface area contributed by atoms with E-state index in [1.807, 2.05) is 54.2 Å². The van der Waals surface area contributed by atoms with Gasteiger partial charge in [-0.15, -0.1) is 0 Å². The van der Waals surface area contributed by atoms with Crippen molar-refractivity contribution >= 4 is 16.7 Å². The monoisotopic (exact) mass is 320 g/mol. The minimum atomic E-state index is 0.177. The summed E-state index contributed by atoms with van der Waals surface area (Å²) in [5, 5.41) is 1.04. The summed E-state index contributed by atoms with van der Waals surface area (Å²) in [5.74, 6) is 0.177. The molecule has 0 fully saturated rings. The number of aromatic nitrogens is 1. The standard InChI is InChI=1S/C21H24N2O/c1-16(2)23(13-17-9-5-4-6-10-17)15-21(24)19-14-22(3)20-12-8-7-11-18(19)20/h4-12,14,16H,13,15H2,1-3H3. The number of carbonyl (C=O) groups excluding carboxylic acids is 1. The molecule has 0 amide bonds. The molecule has 3 heteroatoms. The average Bonchev–Trinajstić information content (AvgIpc) is 2.92. The van der Waals surface area contributed by atoms with Crippen LogP contribution in [0.15, 0.2) is 60.8 Å². The molecule has 0 N–H and O–H groups in total. The molecule has 124 valence electrons. The maximum absolute atomic E-state index is 12.9. The van der Waals surface area contributed by atoms with Gasteiger partial charge in [-0.2, -0.15) is 0 Å². The summed E-state index contributed by atoms with van der Waals surface area (Å²) in [6.07, 6.45) is 1.95. The fraction of sp³-hybridized carbons (Fsp3) is 0.286. The summed E-state index contributed by atoms with van der Waals surface area (Å²) < 4.78 is 2.03. The Hall–Kier alpha value is -2.39. The number of carbonyl (C=O) groups is 1. The Labute approximate surface area is 143 Å². The average molecular weight is 320 g/mol. The Balaban J connectivity index is 1.83. The lowest BCUT2D eigenvalue weighted by atomic mass is 10.1. The summed E-state index contributed by atoms with van der Waals surface area (Å²) in [6, 6.07) is 18.7. The molecule has 1 heterocycles. The first-order valence-electron chi connectivity index (χ1n) is 8.41. The highest BCUT2D eigenvalue weighted by molar-refractivity contribution is 6.09. The van der Waals surface area contributed by atoms with E-state index in [0.29, 0.717) is 12.6 Å². The number of fused-ring (bicyclic) bond motifs is 1. The Bertz CT molecular complexity index is 833. The molecule has 3 rings (SSSR count). The predicted octanol–water partition coefficient (Wildman–Crippen LogP) is 4.27. The first-order valence-corrected chi connectivity index (χ1v) is 8.41. The number of Topliss-reactive ketones (excluding diaryl/α,β-unsaturated/α-hetero) is 1. The molecule has 0 bridgehead atoms. The van der Waals surface area contributed by atoms with Gasteiger partial charge in [0.05, 0.1) is 6.54 Å². The van der Waals surface area contributed by atoms with Crippen molar-refractivity contribution in [2.75, 3.05) is 6.54 Å². The zero-order valence-electron chi connectivity index (χ0n) is 14.6. The molecule has 0 saturated heterocycles. The van der Waals surface area contributed by atoms with Crippen LogP contribution in [-0.2, 0) is 13.6 Å². The van der Waals surface area contributed by atoms with E-state index < -0.39 is 0 Å². The second-order valence-corrected chi connectivity index (χ2v) is 6.58. The third-order valence-electron chi connectivity index (χ3n) is 4.50. The smallest absolute Gasteiger partial charge is 0.178 e. The first kappa shape index (κ1) is 16.5. The van der Waals surface area contributed by atoms with Gasteiger partial charge in [-0.25, -0.2) is 0 Å². The maximum atomic E-state index is 12.9. The van der Waals surface area contributed by atoms with E-state index in [-0.39, 0.29) is 5.78 Å². The van der Waals surface area contributed by atoms with E-state index in [1.54, 1.807) is 0 Å². The van der Waals surface area contributed by atoms with Crippen molar-refractivity contribution < 1.29 is 4.79 Å². The van der Waals surface area contributed by atoms with E-state index in [2.05, 4.69) is 36.9 Å². The van der Waals surface area contributed by atoms with Crippen LogP contribution in [0.3, 0.4) is 0 Å². The SMILES string of the molecule is CC(C)N(CC(=O)c1cn(C)c2ccccc12)Cc1ccccc1. The zero-order chi connectivity index (χ0) is 17.1. The summed E-state index contributed by atoms with van der Waals surface area (Å²) >= 11 is 0. The molecule has 0 unspecified atom stereocenters. The second kappa shape index (κ2) is 7.02. The lowest BCUT2D eigenvalue weighted by Crippen LogP contribution is -2.35. The highest BCUT2D eigenvalue weighted by Gasteiger charge is 2.19. The van der Waals surface area contributed by atoms with Crippen molar-refractivity contribution in [2.24, 2.45) is 7.05 Å². The van der Waals surface area contributed by atoms with Gasteiger partial charge in [0.15, 0.2) is 5.78 Å². The topological polar surface area (TPSA) is 25.2 Å². The number of para-hydroxylation sites is 1. The van der Waals surface area contributed by atoms with Gasteiger partial charge in [-0.05, 0) is 25.5 Å². The van der Waals surface area contributed by atoms with E-state index in [1.165, 1.54) is 5.56 Å². The van der Waals surface area contributed by atoms with Crippen molar-refractivity contribution in [3.63, 3.8) is 0 Å². The molecule has 0 saturated carbocycles. The Morgan fingerprint density at radius 2 is 1.71 bits per heavy atom. The highest BCUT2D eigenvalue weighted by Crippen LogP contribution is 2.21. The van der Waals surface area contributed by atoms with Gasteiger partial charge in [0.25, 0.3) is 0 Å². The van der Waals surface area contributed by atoms with Crippen molar-refractivity contribution in [3.8, 4) is 0 Å². The molecule has 0 aliphatic rings. The Morgan fingerprint density at radius 3 is 2.42 bits per heavy atom. The summed E-state index contributed by atoms with van der Waals surface area (Å²) in [6.45, 7) is 5.49. The molecule has 1 aromatic heterocycles. The van der Waals surface area contributed by atoms with Crippen LogP contribution in [0.1, 0.15) is 29.8 Å². The van der Waals surface area contributed by atoms with Crippen molar-refractivity contribution in [2.45, 2.75) is 26.4 Å². The van der Waals surface area contributed by atoms with Crippen LogP contribution in [-0.4, -0.2) is 27.8 Å². The third kappa shape index (κ3) is 3.41. The molecule has 0 radical (unpaired) electrons. The summed E-state index contributed by atoms with van der Waals surface area (Å²) in [4.78, 5) is 15.1. The van der Waals surface area contributed by atoms with Crippen molar-refractivity contribution in [3.05, 3.63) is 71.9 Å². The van der Waals surface area contributed by atoms with Crippen LogP contribution in [0.5, 0.6) is 0 Å². The summed E-state index contributed by atoms with van der Waals surface area (Å²) in [5.41, 5.74) is 3.14. The van der Waals surface area contributed by atoms with E-state index in [0.717, 1.165) is 23.0 Å². The van der Waals surface area contributed by atoms with E-state index in [4.69, 9.17) is 0 Å². The van der Waals surface area contributed by atoms with Gasteiger partial charge in [-0.3, -0.25) is 9.69 Å². The van der Waals surface area contributed by atoms with Crippen LogP contribution in [0, 0.1) is 0 Å². The van der Waals surface area contributed by atoms with E-state index in [9.17, 15) is 4.79 Å². The number of nitrogens with zero attached hydrogens (tertiary/aromatic N) is 2. The molecule has 24 heavy (non-hydrogen) atoms. The van der Waals surface area contributed by atoms with Crippen molar-refractivity contribution in [1.29, 1.82) is 0 Å². The molecule has 0 atom stereocenters. The molecular weight excluding hydrogens is 296 g/mol. The zero-order valence-corrected chi connectivity index (χ0v) is 14.6. The minimum Gasteiger partial charge on any atom is -0.350 e. The highest BCUT2D eigenvalue weighted by atomic mass is 16.1. The molecular formula is C21H24N2O. The van der Waals surface area contributed by atoms with E-state index >= 15 is 0 Å². The molecule has 0 spiro atoms. The molecule has 3 nitrogen and oxygen atoms in total. The number of aryl methyl sites for hydroxylation is 1. The molecule has 2 aromatic carbocycles. The van der Waals surface area contributed by atoms with Crippen LogP contribution < -0.4 is 0 Å². The van der Waals surface area contributed by atoms with Crippen LogP contribution >= 0.6 is 0 Å². The van der Waals surface area contributed by atoms with Crippen LogP contribution in [0.25, 0.3) is 10.9 Å². The van der Waals surface area contributed by atoms with Gasteiger partial charge < -0.3 is 4.57 Å². The number of benzene rings is 2. The Kier molecular flexibility index (Phi) is 4.81. The number of hydrogen-bond donors (Lipinski definition) is 0. The fourth-order valence-electron chi connectivity index (χ4n) is 3.07. The lowest BCUT2D eigenvalue weighted by molar-refractivity contribution is 0.0899. The second-order valence-electron chi connectivity index (χ2n) is 6.58. The minimum absolute atomic E-state index is 0.177. The quantitative estimate of drug-likeness (QED) is 0.634. The van der Waals surface area contributed by atoms with Crippen LogP contribution in [0.4, 0.5) is 0 Å². The van der Waals surface area contributed by atoms with Gasteiger partial charge in [0, 0.05) is 42.3 Å². The summed E-state index contributed by atoms with van der Waals surface area (Å²) in [7, 11) is 1.99. The number of hydrogen-bond acceptors (Lipinski definition) is 2. The van der Waals surface area contributed by atoms with Gasteiger partial charge in [-0.1, -0.05) is 48.5 Å². The Morgan fingerprint density at radius 1 is 1.04 bits per heavy atom. The van der Waals surface area contributed by atoms with Gasteiger partial charge in [0.2, 0.25) is 0 Å². The van der Waals surface area contributed by atoms with Crippen LogP contribution in [0.2, 0.25) is 0 Å². The van der Waals surface area contributed by atoms with Gasteiger partial charge in [0.1, 0.15) is 0 Å². The van der Waals surface area contributed by atoms with Crippen molar-refractivity contribution in [1.82, 2.24) is 9.47 Å². The van der Waals surface area contributed by atoms with Gasteiger partial charge >= 0.3 is 0 Å². The molecule has 0 aliphatic heterocycles. The molecule has 0 aliphatic carbocycles.